The van der Waals surface area contributed by atoms with E-state index in [0.29, 0.717) is 30.1 Å². The van der Waals surface area contributed by atoms with Gasteiger partial charge in [-0.3, -0.25) is 4.79 Å². The summed E-state index contributed by atoms with van der Waals surface area (Å²) < 4.78 is 16.2. The van der Waals surface area contributed by atoms with E-state index < -0.39 is 5.97 Å². The van der Waals surface area contributed by atoms with Gasteiger partial charge in [-0.15, -0.1) is 0 Å². The molecule has 2 aromatic carbocycles. The molecule has 5 nitrogen and oxygen atoms in total. The largest absolute Gasteiger partial charge is 0.484 e. The highest BCUT2D eigenvalue weighted by Crippen LogP contribution is 2.36. The quantitative estimate of drug-likeness (QED) is 0.789. The van der Waals surface area contributed by atoms with Crippen molar-refractivity contribution in [3.8, 4) is 11.5 Å². The summed E-state index contributed by atoms with van der Waals surface area (Å²) in [6.45, 7) is 1.87. The smallest absolute Gasteiger partial charge is 0.344 e. The molecule has 0 spiro atoms. The summed E-state index contributed by atoms with van der Waals surface area (Å²) in [7, 11) is 0. The lowest BCUT2D eigenvalue weighted by Gasteiger charge is -2.25. The molecule has 24 heavy (non-hydrogen) atoms. The number of ether oxygens (including phenoxy) is 3. The topological polar surface area (TPSA) is 61.8 Å². The Morgan fingerprint density at radius 2 is 2.00 bits per heavy atom. The zero-order valence-electron chi connectivity index (χ0n) is 13.4. The second kappa shape index (κ2) is 7.17. The Balaban J connectivity index is 1.76. The van der Waals surface area contributed by atoms with Crippen LogP contribution < -0.4 is 9.47 Å². The molecule has 0 fully saturated rings. The van der Waals surface area contributed by atoms with Gasteiger partial charge in [0.2, 0.25) is 0 Å². The molecule has 3 rings (SSSR count). The Bertz CT molecular complexity index is 739. The van der Waals surface area contributed by atoms with E-state index in [4.69, 9.17) is 14.2 Å². The SMILES string of the molecule is CCOC(=O)COc1ccc2c(c1)O[C@@H](c1ccccc1)CC2=O. The van der Waals surface area contributed by atoms with E-state index in [1.165, 1.54) is 0 Å². The minimum atomic E-state index is -0.436. The van der Waals surface area contributed by atoms with Gasteiger partial charge < -0.3 is 14.2 Å². The Morgan fingerprint density at radius 1 is 1.21 bits per heavy atom. The lowest BCUT2D eigenvalue weighted by atomic mass is 9.96. The van der Waals surface area contributed by atoms with Gasteiger partial charge in [0, 0.05) is 6.07 Å². The second-order valence-corrected chi connectivity index (χ2v) is 5.40. The number of rotatable bonds is 5. The van der Waals surface area contributed by atoms with Crippen LogP contribution in [0.4, 0.5) is 0 Å². The molecule has 5 heteroatoms. The first-order valence-electron chi connectivity index (χ1n) is 7.84. The summed E-state index contributed by atoms with van der Waals surface area (Å²) in [5.74, 6) is 0.529. The molecule has 124 valence electrons. The first-order valence-corrected chi connectivity index (χ1v) is 7.84. The van der Waals surface area contributed by atoms with Crippen LogP contribution in [0, 0.1) is 0 Å². The molecule has 1 heterocycles. The highest BCUT2D eigenvalue weighted by molar-refractivity contribution is 6.00. The average molecular weight is 326 g/mol. The maximum absolute atomic E-state index is 12.3. The van der Waals surface area contributed by atoms with E-state index in [1.807, 2.05) is 30.3 Å². The van der Waals surface area contributed by atoms with Crippen molar-refractivity contribution in [2.75, 3.05) is 13.2 Å². The predicted octanol–water partition coefficient (Wildman–Crippen LogP) is 3.34. The van der Waals surface area contributed by atoms with Gasteiger partial charge in [0.15, 0.2) is 12.4 Å². The van der Waals surface area contributed by atoms with Gasteiger partial charge in [0.1, 0.15) is 17.6 Å². The van der Waals surface area contributed by atoms with Gasteiger partial charge in [-0.2, -0.15) is 0 Å². The van der Waals surface area contributed by atoms with E-state index in [0.717, 1.165) is 5.56 Å². The summed E-state index contributed by atoms with van der Waals surface area (Å²) >= 11 is 0. The minimum absolute atomic E-state index is 0.0297. The molecule has 0 unspecified atom stereocenters. The Labute approximate surface area is 140 Å². The van der Waals surface area contributed by atoms with E-state index >= 15 is 0 Å². The van der Waals surface area contributed by atoms with Crippen molar-refractivity contribution >= 4 is 11.8 Å². The number of ketones is 1. The summed E-state index contributed by atoms with van der Waals surface area (Å²) in [5.41, 5.74) is 1.49. The van der Waals surface area contributed by atoms with Crippen molar-refractivity contribution in [2.24, 2.45) is 0 Å². The number of hydrogen-bond acceptors (Lipinski definition) is 5. The standard InChI is InChI=1S/C19H18O5/c1-2-22-19(21)12-23-14-8-9-15-16(20)11-17(24-18(15)10-14)13-6-4-3-5-7-13/h3-10,17H,2,11-12H2,1H3/t17-/m1/s1. The molecule has 0 N–H and O–H groups in total. The maximum atomic E-state index is 12.3. The first-order chi connectivity index (χ1) is 11.7. The van der Waals surface area contributed by atoms with Crippen LogP contribution in [0.1, 0.15) is 35.4 Å². The van der Waals surface area contributed by atoms with Gasteiger partial charge in [0.25, 0.3) is 0 Å². The van der Waals surface area contributed by atoms with Crippen molar-refractivity contribution in [3.05, 3.63) is 59.7 Å². The van der Waals surface area contributed by atoms with Crippen LogP contribution in [0.5, 0.6) is 11.5 Å². The fourth-order valence-electron chi connectivity index (χ4n) is 2.59. The molecular formula is C19H18O5. The Morgan fingerprint density at radius 3 is 2.75 bits per heavy atom. The van der Waals surface area contributed by atoms with Gasteiger partial charge in [-0.25, -0.2) is 4.79 Å². The molecule has 0 saturated carbocycles. The monoisotopic (exact) mass is 326 g/mol. The van der Waals surface area contributed by atoms with Crippen molar-refractivity contribution in [1.82, 2.24) is 0 Å². The molecular weight excluding hydrogens is 308 g/mol. The minimum Gasteiger partial charge on any atom is -0.484 e. The Hall–Kier alpha value is -2.82. The highest BCUT2D eigenvalue weighted by atomic mass is 16.6. The van der Waals surface area contributed by atoms with Crippen LogP contribution in [-0.2, 0) is 9.53 Å². The lowest BCUT2D eigenvalue weighted by molar-refractivity contribution is -0.145. The van der Waals surface area contributed by atoms with Crippen LogP contribution in [0.25, 0.3) is 0 Å². The molecule has 0 saturated heterocycles. The van der Waals surface area contributed by atoms with E-state index in [2.05, 4.69) is 0 Å². The van der Waals surface area contributed by atoms with Crippen LogP contribution in [0.2, 0.25) is 0 Å². The Kier molecular flexibility index (Phi) is 4.79. The first kappa shape index (κ1) is 16.1. The third-order valence-electron chi connectivity index (χ3n) is 3.73. The van der Waals surface area contributed by atoms with Crippen LogP contribution in [0.15, 0.2) is 48.5 Å². The van der Waals surface area contributed by atoms with Crippen molar-refractivity contribution in [2.45, 2.75) is 19.4 Å². The number of carbonyl (C=O) groups excluding carboxylic acids is 2. The van der Waals surface area contributed by atoms with Gasteiger partial charge in [-0.05, 0) is 24.6 Å². The summed E-state index contributed by atoms with van der Waals surface area (Å²) in [5, 5.41) is 0. The fraction of sp³-hybridized carbons (Fsp3) is 0.263. The molecule has 1 aliphatic heterocycles. The average Bonchev–Trinajstić information content (AvgIpc) is 2.60. The zero-order chi connectivity index (χ0) is 16.9. The van der Waals surface area contributed by atoms with E-state index in [-0.39, 0.29) is 18.5 Å². The number of esters is 1. The van der Waals surface area contributed by atoms with Crippen molar-refractivity contribution < 1.29 is 23.8 Å². The highest BCUT2D eigenvalue weighted by Gasteiger charge is 2.27. The number of hydrogen-bond donors (Lipinski definition) is 0. The van der Waals surface area contributed by atoms with Gasteiger partial charge >= 0.3 is 5.97 Å². The lowest BCUT2D eigenvalue weighted by Crippen LogP contribution is -2.20. The number of carbonyl (C=O) groups is 2. The zero-order valence-corrected chi connectivity index (χ0v) is 13.4. The third-order valence-corrected chi connectivity index (χ3v) is 3.73. The second-order valence-electron chi connectivity index (χ2n) is 5.40. The molecule has 0 amide bonds. The summed E-state index contributed by atoms with van der Waals surface area (Å²) in [4.78, 5) is 23.7. The summed E-state index contributed by atoms with van der Waals surface area (Å²) in [6, 6.07) is 14.6. The van der Waals surface area contributed by atoms with E-state index in [1.54, 1.807) is 25.1 Å². The molecule has 0 bridgehead atoms. The third kappa shape index (κ3) is 3.56. The van der Waals surface area contributed by atoms with Crippen LogP contribution in [0.3, 0.4) is 0 Å². The number of Topliss-reactive ketones (excluding diaryl/α,β-unsaturated/α-hetero) is 1. The molecule has 2 aromatic rings. The summed E-state index contributed by atoms with van der Waals surface area (Å²) in [6.07, 6.45) is -0.00782. The van der Waals surface area contributed by atoms with Crippen LogP contribution in [-0.4, -0.2) is 25.0 Å². The predicted molar refractivity (Wildman–Crippen MR) is 87.3 cm³/mol. The van der Waals surface area contributed by atoms with E-state index in [9.17, 15) is 9.59 Å². The molecule has 1 atom stereocenters. The number of benzene rings is 2. The molecule has 0 aliphatic carbocycles. The molecule has 0 aromatic heterocycles. The maximum Gasteiger partial charge on any atom is 0.344 e. The van der Waals surface area contributed by atoms with Gasteiger partial charge in [-0.1, -0.05) is 30.3 Å². The van der Waals surface area contributed by atoms with Gasteiger partial charge in [0.05, 0.1) is 18.6 Å². The molecule has 0 radical (unpaired) electrons. The number of fused-ring (bicyclic) bond motifs is 1. The van der Waals surface area contributed by atoms with Crippen molar-refractivity contribution in [1.29, 1.82) is 0 Å². The molecule has 1 aliphatic rings. The van der Waals surface area contributed by atoms with Crippen LogP contribution >= 0.6 is 0 Å². The normalized spacial score (nSPS) is 16.0. The van der Waals surface area contributed by atoms with Crippen molar-refractivity contribution in [3.63, 3.8) is 0 Å². The fourth-order valence-corrected chi connectivity index (χ4v) is 2.59.